The molecular weight excluding hydrogens is 443 g/mol. The van der Waals surface area contributed by atoms with E-state index in [0.717, 1.165) is 27.9 Å². The Morgan fingerprint density at radius 2 is 1.67 bits per heavy atom. The zero-order valence-corrected chi connectivity index (χ0v) is 20.6. The second kappa shape index (κ2) is 11.5. The van der Waals surface area contributed by atoms with E-state index in [1.54, 1.807) is 45.2 Å². The van der Waals surface area contributed by atoms with Gasteiger partial charge in [-0.05, 0) is 42.0 Å². The van der Waals surface area contributed by atoms with Gasteiger partial charge in [-0.25, -0.2) is 9.37 Å². The first-order valence-electron chi connectivity index (χ1n) is 10.7. The summed E-state index contributed by atoms with van der Waals surface area (Å²) in [5, 5.41) is 0.820. The normalized spacial score (nSPS) is 11.6. The number of aromatic nitrogens is 2. The van der Waals surface area contributed by atoms with Crippen LogP contribution in [0.5, 0.6) is 11.5 Å². The highest BCUT2D eigenvalue weighted by Gasteiger charge is 2.30. The Balaban J connectivity index is 1.96. The number of thioether (sulfide) groups is 1. The van der Waals surface area contributed by atoms with Gasteiger partial charge in [-0.3, -0.25) is 4.57 Å². The Hall–Kier alpha value is -2.55. The fraction of sp³-hybridized carbons (Fsp3) is 0.400. The lowest BCUT2D eigenvalue weighted by Crippen LogP contribution is -2.23. The van der Waals surface area contributed by atoms with Gasteiger partial charge in [-0.2, -0.15) is 0 Å². The standard InChI is InChI=1S/C25H31FN2O4S/c1-25(2,18-6-11-21(30-4)22(16-18)31-5)23-17-27-24(33-15-14-32-13-12-29-3)28(23)20-9-7-19(26)8-10-20/h6-11,16-17H,12-15H2,1-5H3. The molecule has 8 heteroatoms. The smallest absolute Gasteiger partial charge is 0.172 e. The maximum absolute atomic E-state index is 13.7. The van der Waals surface area contributed by atoms with Crippen LogP contribution in [0.3, 0.4) is 0 Å². The number of methoxy groups -OCH3 is 3. The molecule has 0 saturated heterocycles. The molecule has 3 aromatic rings. The van der Waals surface area contributed by atoms with Gasteiger partial charge in [0.15, 0.2) is 16.7 Å². The number of hydrogen-bond donors (Lipinski definition) is 0. The maximum atomic E-state index is 13.7. The van der Waals surface area contributed by atoms with Crippen molar-refractivity contribution in [1.82, 2.24) is 9.55 Å². The minimum Gasteiger partial charge on any atom is -0.493 e. The van der Waals surface area contributed by atoms with E-state index >= 15 is 0 Å². The number of ether oxygens (including phenoxy) is 4. The van der Waals surface area contributed by atoms with Crippen LogP contribution in [0, 0.1) is 5.82 Å². The van der Waals surface area contributed by atoms with Crippen LogP contribution in [0.1, 0.15) is 25.1 Å². The van der Waals surface area contributed by atoms with Crippen LogP contribution in [0.2, 0.25) is 0 Å². The van der Waals surface area contributed by atoms with Crippen molar-refractivity contribution in [3.05, 3.63) is 65.7 Å². The second-order valence-electron chi connectivity index (χ2n) is 7.89. The Labute approximate surface area is 199 Å². The highest BCUT2D eigenvalue weighted by molar-refractivity contribution is 7.99. The van der Waals surface area contributed by atoms with Gasteiger partial charge in [0.25, 0.3) is 0 Å². The summed E-state index contributed by atoms with van der Waals surface area (Å²) in [6.07, 6.45) is 1.88. The number of imidazole rings is 1. The van der Waals surface area contributed by atoms with Crippen LogP contribution in [-0.2, 0) is 14.9 Å². The molecule has 2 aromatic carbocycles. The molecule has 0 unspecified atom stereocenters. The van der Waals surface area contributed by atoms with Crippen molar-refractivity contribution < 1.29 is 23.3 Å². The van der Waals surface area contributed by atoms with Gasteiger partial charge >= 0.3 is 0 Å². The van der Waals surface area contributed by atoms with Gasteiger partial charge < -0.3 is 18.9 Å². The summed E-state index contributed by atoms with van der Waals surface area (Å²) < 4.78 is 37.2. The molecule has 0 radical (unpaired) electrons. The summed E-state index contributed by atoms with van der Waals surface area (Å²) in [6, 6.07) is 12.4. The number of benzene rings is 2. The minimum atomic E-state index is -0.422. The highest BCUT2D eigenvalue weighted by Crippen LogP contribution is 2.39. The van der Waals surface area contributed by atoms with Gasteiger partial charge in [0.1, 0.15) is 5.82 Å². The lowest BCUT2D eigenvalue weighted by Gasteiger charge is -2.28. The molecule has 0 aliphatic heterocycles. The summed E-state index contributed by atoms with van der Waals surface area (Å²) in [5.74, 6) is 1.80. The van der Waals surface area contributed by atoms with Gasteiger partial charge in [0.2, 0.25) is 0 Å². The van der Waals surface area contributed by atoms with Crippen LogP contribution in [0.15, 0.2) is 53.8 Å². The van der Waals surface area contributed by atoms with Gasteiger partial charge in [0, 0.05) is 24.0 Å². The van der Waals surface area contributed by atoms with E-state index in [1.165, 1.54) is 12.1 Å². The monoisotopic (exact) mass is 474 g/mol. The average molecular weight is 475 g/mol. The first-order chi connectivity index (χ1) is 15.9. The first-order valence-corrected chi connectivity index (χ1v) is 11.7. The number of hydrogen-bond acceptors (Lipinski definition) is 6. The molecule has 1 aromatic heterocycles. The van der Waals surface area contributed by atoms with Crippen molar-refractivity contribution >= 4 is 11.8 Å². The molecule has 0 fully saturated rings. The van der Waals surface area contributed by atoms with E-state index in [9.17, 15) is 4.39 Å². The summed E-state index contributed by atoms with van der Waals surface area (Å²) >= 11 is 1.60. The molecule has 0 saturated carbocycles. The molecule has 1 heterocycles. The first kappa shape index (κ1) is 25.1. The molecular formula is C25H31FN2O4S. The van der Waals surface area contributed by atoms with Crippen molar-refractivity contribution in [3.8, 4) is 17.2 Å². The lowest BCUT2D eigenvalue weighted by atomic mass is 9.81. The largest absolute Gasteiger partial charge is 0.493 e. The minimum absolute atomic E-state index is 0.277. The van der Waals surface area contributed by atoms with E-state index in [2.05, 4.69) is 18.4 Å². The summed E-state index contributed by atoms with van der Waals surface area (Å²) in [5.41, 5.74) is 2.45. The predicted molar refractivity (Wildman–Crippen MR) is 129 cm³/mol. The number of nitrogens with zero attached hydrogens (tertiary/aromatic N) is 2. The molecule has 3 rings (SSSR count). The van der Waals surface area contributed by atoms with Crippen molar-refractivity contribution in [2.24, 2.45) is 0 Å². The molecule has 178 valence electrons. The molecule has 0 atom stereocenters. The van der Waals surface area contributed by atoms with Crippen LogP contribution in [0.4, 0.5) is 4.39 Å². The summed E-state index contributed by atoms with van der Waals surface area (Å²) in [4.78, 5) is 4.71. The average Bonchev–Trinajstić information content (AvgIpc) is 3.26. The molecule has 0 spiro atoms. The predicted octanol–water partition coefficient (Wildman–Crippen LogP) is 5.11. The zero-order chi connectivity index (χ0) is 23.8. The van der Waals surface area contributed by atoms with E-state index < -0.39 is 5.41 Å². The quantitative estimate of drug-likeness (QED) is 0.269. The van der Waals surface area contributed by atoms with E-state index in [-0.39, 0.29) is 5.82 Å². The molecule has 0 bridgehead atoms. The number of halogens is 1. The van der Waals surface area contributed by atoms with E-state index in [0.29, 0.717) is 31.3 Å². The molecule has 0 aliphatic carbocycles. The van der Waals surface area contributed by atoms with E-state index in [1.807, 2.05) is 24.4 Å². The summed E-state index contributed by atoms with van der Waals surface area (Å²) in [7, 11) is 4.90. The van der Waals surface area contributed by atoms with Crippen molar-refractivity contribution in [2.75, 3.05) is 46.9 Å². The highest BCUT2D eigenvalue weighted by atomic mass is 32.2. The van der Waals surface area contributed by atoms with Crippen molar-refractivity contribution in [2.45, 2.75) is 24.4 Å². The Bertz CT molecular complexity index is 1040. The lowest BCUT2D eigenvalue weighted by molar-refractivity contribution is 0.0790. The van der Waals surface area contributed by atoms with Crippen molar-refractivity contribution in [1.29, 1.82) is 0 Å². The van der Waals surface area contributed by atoms with Gasteiger partial charge in [-0.1, -0.05) is 31.7 Å². The second-order valence-corrected chi connectivity index (χ2v) is 8.95. The van der Waals surface area contributed by atoms with Gasteiger partial charge in [0.05, 0.1) is 45.9 Å². The molecule has 6 nitrogen and oxygen atoms in total. The number of rotatable bonds is 12. The Morgan fingerprint density at radius 3 is 2.33 bits per heavy atom. The third-order valence-electron chi connectivity index (χ3n) is 5.45. The Kier molecular flexibility index (Phi) is 8.77. The third kappa shape index (κ3) is 5.88. The summed E-state index contributed by atoms with van der Waals surface area (Å²) in [6.45, 7) is 5.97. The SMILES string of the molecule is COCCOCCSc1ncc(C(C)(C)c2ccc(OC)c(OC)c2)n1-c1ccc(F)cc1. The third-order valence-corrected chi connectivity index (χ3v) is 6.37. The zero-order valence-electron chi connectivity index (χ0n) is 19.8. The Morgan fingerprint density at radius 1 is 0.939 bits per heavy atom. The van der Waals surface area contributed by atoms with Crippen LogP contribution >= 0.6 is 11.8 Å². The van der Waals surface area contributed by atoms with Crippen LogP contribution in [-0.4, -0.2) is 56.5 Å². The molecule has 0 amide bonds. The van der Waals surface area contributed by atoms with Gasteiger partial charge in [-0.15, -0.1) is 0 Å². The molecule has 33 heavy (non-hydrogen) atoms. The maximum Gasteiger partial charge on any atom is 0.172 e. The molecule has 0 aliphatic rings. The fourth-order valence-electron chi connectivity index (χ4n) is 3.53. The van der Waals surface area contributed by atoms with Crippen LogP contribution in [0.25, 0.3) is 5.69 Å². The van der Waals surface area contributed by atoms with E-state index in [4.69, 9.17) is 23.9 Å². The molecule has 0 N–H and O–H groups in total. The fourth-order valence-corrected chi connectivity index (χ4v) is 4.37. The van der Waals surface area contributed by atoms with Crippen LogP contribution < -0.4 is 9.47 Å². The topological polar surface area (TPSA) is 54.7 Å². The van der Waals surface area contributed by atoms with Crippen molar-refractivity contribution in [3.63, 3.8) is 0 Å².